The highest BCUT2D eigenvalue weighted by molar-refractivity contribution is 6.09. The SMILES string of the molecule is COc1ccc(/C=C/C(=O)c2ccc(O[C@@H]3O[C@H](CO)[C@@H](O)[C@H](O)[C@H]3O)c(OC)c2O)cc1OC. The first-order valence-corrected chi connectivity index (χ1v) is 10.6. The summed E-state index contributed by atoms with van der Waals surface area (Å²) < 4.78 is 26.5. The number of allylic oxidation sites excluding steroid dienone is 1. The highest BCUT2D eigenvalue weighted by atomic mass is 16.7. The normalized spacial score (nSPS) is 24.3. The third-order valence-electron chi connectivity index (χ3n) is 5.49. The Morgan fingerprint density at radius 2 is 1.63 bits per heavy atom. The monoisotopic (exact) mass is 492 g/mol. The van der Waals surface area contributed by atoms with Crippen LogP contribution >= 0.6 is 0 Å². The van der Waals surface area contributed by atoms with Crippen LogP contribution in [0.2, 0.25) is 0 Å². The first-order valence-electron chi connectivity index (χ1n) is 10.6. The quantitative estimate of drug-likeness (QED) is 0.244. The maximum absolute atomic E-state index is 12.7. The molecule has 1 aliphatic rings. The standard InChI is InChI=1S/C24H28O11/c1-31-15-8-5-12(10-17(15)32-2)4-7-14(26)13-6-9-16(23(33-3)19(13)27)34-24-22(30)21(29)20(28)18(11-25)35-24/h4-10,18,20-22,24-25,27-30H,11H2,1-3H3/b7-4+/t18-,20-,21+,22-,24-/m1/s1. The second kappa shape index (κ2) is 11.4. The third-order valence-corrected chi connectivity index (χ3v) is 5.49. The number of carbonyl (C=O) groups is 1. The molecule has 0 aromatic heterocycles. The van der Waals surface area contributed by atoms with Gasteiger partial charge in [-0.25, -0.2) is 0 Å². The molecule has 2 aromatic rings. The third kappa shape index (κ3) is 5.50. The fourth-order valence-electron chi connectivity index (χ4n) is 3.55. The maximum atomic E-state index is 12.7. The molecule has 5 N–H and O–H groups in total. The summed E-state index contributed by atoms with van der Waals surface area (Å²) in [7, 11) is 4.25. The summed E-state index contributed by atoms with van der Waals surface area (Å²) in [5.41, 5.74) is 0.574. The summed E-state index contributed by atoms with van der Waals surface area (Å²) in [5, 5.41) is 50.0. The van der Waals surface area contributed by atoms with Crippen LogP contribution in [0, 0.1) is 0 Å². The van der Waals surface area contributed by atoms with Crippen LogP contribution in [0.15, 0.2) is 36.4 Å². The topological polar surface area (TPSA) is 164 Å². The second-order valence-corrected chi connectivity index (χ2v) is 7.62. The fraction of sp³-hybridized carbons (Fsp3) is 0.375. The number of ketones is 1. The average Bonchev–Trinajstić information content (AvgIpc) is 2.87. The van der Waals surface area contributed by atoms with E-state index in [1.165, 1.54) is 45.6 Å². The Balaban J connectivity index is 1.82. The summed E-state index contributed by atoms with van der Waals surface area (Å²) in [6.45, 7) is -0.632. The van der Waals surface area contributed by atoms with E-state index in [4.69, 9.17) is 23.7 Å². The number of aliphatic hydroxyl groups is 4. The molecule has 0 aliphatic carbocycles. The molecule has 190 valence electrons. The van der Waals surface area contributed by atoms with Crippen LogP contribution in [0.4, 0.5) is 0 Å². The van der Waals surface area contributed by atoms with Gasteiger partial charge in [-0.05, 0) is 35.9 Å². The molecule has 0 amide bonds. The molecule has 11 heteroatoms. The molecule has 0 bridgehead atoms. The summed E-state index contributed by atoms with van der Waals surface area (Å²) in [6.07, 6.45) is -4.74. The van der Waals surface area contributed by atoms with Crippen molar-refractivity contribution in [1.82, 2.24) is 0 Å². The average molecular weight is 492 g/mol. The molecule has 0 radical (unpaired) electrons. The lowest BCUT2D eigenvalue weighted by Gasteiger charge is -2.39. The molecule has 0 saturated carbocycles. The fourth-order valence-corrected chi connectivity index (χ4v) is 3.55. The minimum absolute atomic E-state index is 0.0836. The zero-order valence-corrected chi connectivity index (χ0v) is 19.3. The van der Waals surface area contributed by atoms with E-state index in [1.54, 1.807) is 18.2 Å². The van der Waals surface area contributed by atoms with Crippen molar-refractivity contribution in [2.75, 3.05) is 27.9 Å². The lowest BCUT2D eigenvalue weighted by molar-refractivity contribution is -0.277. The van der Waals surface area contributed by atoms with Gasteiger partial charge in [0.2, 0.25) is 12.0 Å². The van der Waals surface area contributed by atoms with Crippen LogP contribution < -0.4 is 18.9 Å². The largest absolute Gasteiger partial charge is 0.504 e. The van der Waals surface area contributed by atoms with Gasteiger partial charge in [0.1, 0.15) is 24.4 Å². The van der Waals surface area contributed by atoms with Crippen LogP contribution in [0.1, 0.15) is 15.9 Å². The van der Waals surface area contributed by atoms with Gasteiger partial charge in [0.05, 0.1) is 33.5 Å². The summed E-state index contributed by atoms with van der Waals surface area (Å²) in [4.78, 5) is 12.7. The lowest BCUT2D eigenvalue weighted by atomic mass is 9.99. The molecule has 35 heavy (non-hydrogen) atoms. The van der Waals surface area contributed by atoms with Crippen molar-refractivity contribution in [3.05, 3.63) is 47.5 Å². The minimum atomic E-state index is -1.66. The van der Waals surface area contributed by atoms with Crippen LogP contribution in [0.3, 0.4) is 0 Å². The van der Waals surface area contributed by atoms with Crippen molar-refractivity contribution in [1.29, 1.82) is 0 Å². The molecule has 2 aromatic carbocycles. The van der Waals surface area contributed by atoms with Gasteiger partial charge < -0.3 is 49.2 Å². The van der Waals surface area contributed by atoms with Crippen molar-refractivity contribution in [3.63, 3.8) is 0 Å². The van der Waals surface area contributed by atoms with E-state index in [9.17, 15) is 30.3 Å². The number of phenols is 1. The number of ether oxygens (including phenoxy) is 5. The smallest absolute Gasteiger partial charge is 0.229 e. The number of aromatic hydroxyl groups is 1. The van der Waals surface area contributed by atoms with Gasteiger partial charge in [-0.3, -0.25) is 4.79 Å². The molecule has 11 nitrogen and oxygen atoms in total. The summed E-state index contributed by atoms with van der Waals surface area (Å²) in [6, 6.07) is 7.70. The van der Waals surface area contributed by atoms with E-state index >= 15 is 0 Å². The summed E-state index contributed by atoms with van der Waals surface area (Å²) in [5.74, 6) is -0.344. The molecular formula is C24H28O11. The molecule has 3 rings (SSSR count). The van der Waals surface area contributed by atoms with E-state index < -0.39 is 48.8 Å². The van der Waals surface area contributed by atoms with E-state index in [0.29, 0.717) is 17.1 Å². The number of aliphatic hydroxyl groups excluding tert-OH is 4. The van der Waals surface area contributed by atoms with Crippen molar-refractivity contribution < 1.29 is 54.0 Å². The van der Waals surface area contributed by atoms with Crippen molar-refractivity contribution >= 4 is 11.9 Å². The zero-order valence-electron chi connectivity index (χ0n) is 19.3. The van der Waals surface area contributed by atoms with Gasteiger partial charge in [0.25, 0.3) is 0 Å². The maximum Gasteiger partial charge on any atom is 0.229 e. The first kappa shape index (κ1) is 26.3. The Bertz CT molecular complexity index is 1070. The van der Waals surface area contributed by atoms with E-state index in [1.807, 2.05) is 0 Å². The van der Waals surface area contributed by atoms with Gasteiger partial charge in [-0.15, -0.1) is 0 Å². The minimum Gasteiger partial charge on any atom is -0.504 e. The number of carbonyl (C=O) groups excluding carboxylic acids is 1. The Labute approximate surface area is 201 Å². The Hall–Kier alpha value is -3.35. The number of benzene rings is 2. The summed E-state index contributed by atoms with van der Waals surface area (Å²) >= 11 is 0. The number of rotatable bonds is 9. The van der Waals surface area contributed by atoms with E-state index in [2.05, 4.69) is 0 Å². The van der Waals surface area contributed by atoms with Crippen molar-refractivity contribution in [3.8, 4) is 28.7 Å². The van der Waals surface area contributed by atoms with Gasteiger partial charge >= 0.3 is 0 Å². The van der Waals surface area contributed by atoms with Crippen LogP contribution in [-0.2, 0) is 4.74 Å². The van der Waals surface area contributed by atoms with E-state index in [-0.39, 0.29) is 17.1 Å². The van der Waals surface area contributed by atoms with Crippen LogP contribution in [-0.4, -0.2) is 90.0 Å². The molecular weight excluding hydrogens is 464 g/mol. The van der Waals surface area contributed by atoms with Gasteiger partial charge in [-0.2, -0.15) is 0 Å². The van der Waals surface area contributed by atoms with Crippen LogP contribution in [0.25, 0.3) is 6.08 Å². The first-order chi connectivity index (χ1) is 16.7. The Morgan fingerprint density at radius 1 is 0.943 bits per heavy atom. The number of hydrogen-bond donors (Lipinski definition) is 5. The molecule has 1 aliphatic heterocycles. The number of methoxy groups -OCH3 is 3. The second-order valence-electron chi connectivity index (χ2n) is 7.62. The predicted molar refractivity (Wildman–Crippen MR) is 122 cm³/mol. The van der Waals surface area contributed by atoms with Crippen molar-refractivity contribution in [2.24, 2.45) is 0 Å². The Morgan fingerprint density at radius 3 is 2.26 bits per heavy atom. The van der Waals surface area contributed by atoms with Crippen LogP contribution in [0.5, 0.6) is 28.7 Å². The van der Waals surface area contributed by atoms with Crippen molar-refractivity contribution in [2.45, 2.75) is 30.7 Å². The zero-order chi connectivity index (χ0) is 25.7. The molecule has 1 heterocycles. The molecule has 5 atom stereocenters. The van der Waals surface area contributed by atoms with E-state index in [0.717, 1.165) is 0 Å². The Kier molecular flexibility index (Phi) is 8.54. The number of hydrogen-bond acceptors (Lipinski definition) is 11. The predicted octanol–water partition coefficient (Wildman–Crippen LogP) is 0.493. The lowest BCUT2D eigenvalue weighted by Crippen LogP contribution is -2.60. The molecule has 0 spiro atoms. The number of phenolic OH excluding ortho intramolecular Hbond substituents is 1. The molecule has 0 unspecified atom stereocenters. The molecule has 1 fully saturated rings. The van der Waals surface area contributed by atoms with Gasteiger partial charge in [-0.1, -0.05) is 12.1 Å². The van der Waals surface area contributed by atoms with Gasteiger partial charge in [0.15, 0.2) is 28.8 Å². The van der Waals surface area contributed by atoms with Gasteiger partial charge in [0, 0.05) is 0 Å². The highest BCUT2D eigenvalue weighted by Gasteiger charge is 2.45. The molecule has 1 saturated heterocycles. The highest BCUT2D eigenvalue weighted by Crippen LogP contribution is 2.41.